The van der Waals surface area contributed by atoms with E-state index in [9.17, 15) is 13.6 Å². The Morgan fingerprint density at radius 1 is 1.21 bits per heavy atom. The van der Waals surface area contributed by atoms with Gasteiger partial charge < -0.3 is 9.64 Å². The van der Waals surface area contributed by atoms with Gasteiger partial charge in [0.2, 0.25) is 5.88 Å². The zero-order chi connectivity index (χ0) is 21.0. The fourth-order valence-corrected chi connectivity index (χ4v) is 2.82. The van der Waals surface area contributed by atoms with Gasteiger partial charge in [-0.05, 0) is 26.8 Å². The highest BCUT2D eigenvalue weighted by molar-refractivity contribution is 5.98. The van der Waals surface area contributed by atoms with Crippen LogP contribution in [0.15, 0.2) is 36.9 Å². The Balaban J connectivity index is 1.84. The number of benzene rings is 1. The molecule has 0 spiro atoms. The molecule has 0 aliphatic heterocycles. The quantitative estimate of drug-likeness (QED) is 0.604. The van der Waals surface area contributed by atoms with E-state index in [0.717, 1.165) is 16.6 Å². The van der Waals surface area contributed by atoms with Crippen LogP contribution >= 0.6 is 0 Å². The Labute approximate surface area is 166 Å². The molecule has 1 aromatic carbocycles. The van der Waals surface area contributed by atoms with Crippen molar-refractivity contribution >= 4 is 5.91 Å². The monoisotopic (exact) mass is 402 g/mol. The van der Waals surface area contributed by atoms with Gasteiger partial charge in [0.05, 0.1) is 42.1 Å². The molecule has 2 aromatic heterocycles. The molecule has 0 radical (unpaired) electrons. The molecule has 29 heavy (non-hydrogen) atoms. The Morgan fingerprint density at radius 3 is 2.55 bits per heavy atom. The minimum atomic E-state index is -0.931. The summed E-state index contributed by atoms with van der Waals surface area (Å²) in [6.07, 6.45) is 5.74. The lowest BCUT2D eigenvalue weighted by Crippen LogP contribution is -2.42. The van der Waals surface area contributed by atoms with Gasteiger partial charge in [0.25, 0.3) is 5.91 Å². The lowest BCUT2D eigenvalue weighted by Gasteiger charge is -2.28. The second kappa shape index (κ2) is 8.72. The number of aryl methyl sites for hydroxylation is 1. The first-order valence-electron chi connectivity index (χ1n) is 8.98. The molecule has 0 saturated heterocycles. The molecule has 10 heteroatoms. The molecule has 0 saturated carbocycles. The van der Waals surface area contributed by atoms with Crippen LogP contribution in [0.2, 0.25) is 0 Å². The van der Waals surface area contributed by atoms with Crippen LogP contribution in [0, 0.1) is 18.6 Å². The van der Waals surface area contributed by atoms with Crippen LogP contribution in [0.4, 0.5) is 8.78 Å². The van der Waals surface area contributed by atoms with Gasteiger partial charge in [-0.25, -0.2) is 13.8 Å². The molecule has 1 atom stereocenters. The van der Waals surface area contributed by atoms with Crippen LogP contribution in [0.25, 0.3) is 5.69 Å². The predicted molar refractivity (Wildman–Crippen MR) is 99.7 cm³/mol. The van der Waals surface area contributed by atoms with Gasteiger partial charge in [-0.2, -0.15) is 10.2 Å². The molecular weight excluding hydrogens is 382 g/mol. The van der Waals surface area contributed by atoms with E-state index < -0.39 is 23.6 Å². The first-order chi connectivity index (χ1) is 13.9. The molecular formula is C19H20F2N6O2. The summed E-state index contributed by atoms with van der Waals surface area (Å²) in [7, 11) is 0. The van der Waals surface area contributed by atoms with Crippen molar-refractivity contribution < 1.29 is 18.3 Å². The van der Waals surface area contributed by atoms with Gasteiger partial charge in [-0.1, -0.05) is 0 Å². The number of rotatable bonds is 7. The average molecular weight is 402 g/mol. The summed E-state index contributed by atoms with van der Waals surface area (Å²) in [6.45, 7) is 5.77. The highest BCUT2D eigenvalue weighted by atomic mass is 19.1. The number of aromatic nitrogens is 5. The predicted octanol–water partition coefficient (Wildman–Crippen LogP) is 2.57. The van der Waals surface area contributed by atoms with Crippen LogP contribution in [-0.2, 0) is 0 Å². The number of carbonyl (C=O) groups excluding carboxylic acids is 1. The van der Waals surface area contributed by atoms with E-state index in [0.29, 0.717) is 18.5 Å². The normalized spacial score (nSPS) is 11.9. The Kier molecular flexibility index (Phi) is 6.10. The van der Waals surface area contributed by atoms with Crippen molar-refractivity contribution in [3.05, 3.63) is 59.8 Å². The fourth-order valence-electron chi connectivity index (χ4n) is 2.82. The standard InChI is InChI=1S/C19H20F2N6O2/c1-4-26(13(3)11-29-17-10-22-12(2)9-23-17)19(28)15-7-14(20)8-16(21)18(15)27-24-5-6-25-27/h5-10,13H,4,11H2,1-3H3/t13-/m0/s1. The first kappa shape index (κ1) is 20.3. The molecule has 152 valence electrons. The number of amides is 1. The second-order valence-corrected chi connectivity index (χ2v) is 6.35. The fraction of sp³-hybridized carbons (Fsp3) is 0.316. The Hall–Kier alpha value is -3.43. The molecule has 0 aliphatic rings. The van der Waals surface area contributed by atoms with Gasteiger partial charge in [-0.15, -0.1) is 4.80 Å². The summed E-state index contributed by atoms with van der Waals surface area (Å²) >= 11 is 0. The summed E-state index contributed by atoms with van der Waals surface area (Å²) in [6, 6.07) is 1.26. The van der Waals surface area contributed by atoms with E-state index in [1.54, 1.807) is 27.0 Å². The zero-order valence-corrected chi connectivity index (χ0v) is 16.2. The Morgan fingerprint density at radius 2 is 1.93 bits per heavy atom. The van der Waals surface area contributed by atoms with E-state index in [2.05, 4.69) is 20.2 Å². The van der Waals surface area contributed by atoms with Crippen LogP contribution in [-0.4, -0.2) is 55.0 Å². The lowest BCUT2D eigenvalue weighted by atomic mass is 10.1. The van der Waals surface area contributed by atoms with E-state index in [1.807, 2.05) is 0 Å². The number of hydrogen-bond donors (Lipinski definition) is 0. The van der Waals surface area contributed by atoms with E-state index >= 15 is 0 Å². The molecule has 0 unspecified atom stereocenters. The van der Waals surface area contributed by atoms with Crippen molar-refractivity contribution in [3.63, 3.8) is 0 Å². The van der Waals surface area contributed by atoms with E-state index in [4.69, 9.17) is 4.74 Å². The van der Waals surface area contributed by atoms with E-state index in [1.165, 1.54) is 23.5 Å². The Bertz CT molecular complexity index is 979. The molecule has 3 aromatic rings. The van der Waals surface area contributed by atoms with Crippen LogP contribution < -0.4 is 4.74 Å². The molecule has 8 nitrogen and oxygen atoms in total. The topological polar surface area (TPSA) is 86.0 Å². The highest BCUT2D eigenvalue weighted by Crippen LogP contribution is 2.22. The van der Waals surface area contributed by atoms with Crippen molar-refractivity contribution in [1.82, 2.24) is 29.9 Å². The third kappa shape index (κ3) is 4.53. The van der Waals surface area contributed by atoms with E-state index in [-0.39, 0.29) is 17.9 Å². The van der Waals surface area contributed by atoms with Crippen molar-refractivity contribution in [3.8, 4) is 11.6 Å². The zero-order valence-electron chi connectivity index (χ0n) is 16.2. The van der Waals surface area contributed by atoms with Gasteiger partial charge in [0.1, 0.15) is 18.1 Å². The molecule has 1 amide bonds. The van der Waals surface area contributed by atoms with Crippen molar-refractivity contribution in [2.45, 2.75) is 26.8 Å². The minimum Gasteiger partial charge on any atom is -0.474 e. The summed E-state index contributed by atoms with van der Waals surface area (Å²) in [5.74, 6) is -2.04. The maximum absolute atomic E-state index is 14.5. The first-order valence-corrected chi connectivity index (χ1v) is 8.98. The summed E-state index contributed by atoms with van der Waals surface area (Å²) in [5, 5.41) is 7.73. The highest BCUT2D eigenvalue weighted by Gasteiger charge is 2.27. The third-order valence-corrected chi connectivity index (χ3v) is 4.24. The lowest BCUT2D eigenvalue weighted by molar-refractivity contribution is 0.0644. The number of nitrogens with zero attached hydrogens (tertiary/aromatic N) is 6. The van der Waals surface area contributed by atoms with Crippen molar-refractivity contribution in [1.29, 1.82) is 0 Å². The van der Waals surface area contributed by atoms with Gasteiger partial charge >= 0.3 is 0 Å². The SMILES string of the molecule is CCN(C(=O)c1cc(F)cc(F)c1-n1nccn1)[C@@H](C)COc1cnc(C)cn1. The van der Waals surface area contributed by atoms with Crippen LogP contribution in [0.1, 0.15) is 29.9 Å². The van der Waals surface area contributed by atoms with Crippen molar-refractivity contribution in [2.75, 3.05) is 13.2 Å². The van der Waals surface area contributed by atoms with Gasteiger partial charge in [0, 0.05) is 12.6 Å². The van der Waals surface area contributed by atoms with Gasteiger partial charge in [-0.3, -0.25) is 9.78 Å². The maximum Gasteiger partial charge on any atom is 0.256 e. The second-order valence-electron chi connectivity index (χ2n) is 6.35. The number of likely N-dealkylation sites (N-methyl/N-ethyl adjacent to an activating group) is 1. The minimum absolute atomic E-state index is 0.129. The maximum atomic E-state index is 14.5. The summed E-state index contributed by atoms with van der Waals surface area (Å²) < 4.78 is 33.9. The molecule has 0 N–H and O–H groups in total. The molecule has 0 aliphatic carbocycles. The number of halogens is 2. The summed E-state index contributed by atoms with van der Waals surface area (Å²) in [5.41, 5.74) is 0.364. The smallest absolute Gasteiger partial charge is 0.256 e. The molecule has 0 fully saturated rings. The van der Waals surface area contributed by atoms with Crippen LogP contribution in [0.5, 0.6) is 5.88 Å². The van der Waals surface area contributed by atoms with Crippen LogP contribution in [0.3, 0.4) is 0 Å². The number of hydrogen-bond acceptors (Lipinski definition) is 6. The molecule has 2 heterocycles. The third-order valence-electron chi connectivity index (χ3n) is 4.24. The number of carbonyl (C=O) groups is 1. The van der Waals surface area contributed by atoms with Gasteiger partial charge in [0.15, 0.2) is 5.82 Å². The summed E-state index contributed by atoms with van der Waals surface area (Å²) in [4.78, 5) is 23.7. The number of ether oxygens (including phenoxy) is 1. The molecule has 0 bridgehead atoms. The van der Waals surface area contributed by atoms with Crippen molar-refractivity contribution in [2.24, 2.45) is 0 Å². The average Bonchev–Trinajstić information content (AvgIpc) is 3.21. The largest absolute Gasteiger partial charge is 0.474 e. The molecule has 3 rings (SSSR count).